The molecule has 2 aromatic carbocycles. The average molecular weight is 495 g/mol. The van der Waals surface area contributed by atoms with Crippen molar-refractivity contribution in [3.63, 3.8) is 0 Å². The van der Waals surface area contributed by atoms with E-state index in [1.54, 1.807) is 23.1 Å². The van der Waals surface area contributed by atoms with Crippen molar-refractivity contribution >= 4 is 29.2 Å². The Bertz CT molecular complexity index is 1100. The number of carbonyl (C=O) groups excluding carboxylic acids is 3. The van der Waals surface area contributed by atoms with Crippen LogP contribution in [0.1, 0.15) is 45.1 Å². The Labute approximate surface area is 211 Å². The first-order valence-electron chi connectivity index (χ1n) is 12.8. The minimum absolute atomic E-state index is 0.0276. The molecule has 0 aromatic heterocycles. The number of carbonyl (C=O) groups is 3. The minimum atomic E-state index is -0.549. The normalized spacial score (nSPS) is 18.8. The summed E-state index contributed by atoms with van der Waals surface area (Å²) in [7, 11) is 0. The number of hydrogen-bond donors (Lipinski definition) is 1. The molecular weight excluding hydrogens is 460 g/mol. The number of rotatable bonds is 9. The molecule has 0 saturated heterocycles. The van der Waals surface area contributed by atoms with Crippen LogP contribution >= 0.6 is 0 Å². The maximum absolute atomic E-state index is 13.5. The van der Waals surface area contributed by atoms with E-state index in [0.29, 0.717) is 49.8 Å². The summed E-state index contributed by atoms with van der Waals surface area (Å²) in [6.07, 6.45) is 3.79. The Kier molecular flexibility index (Phi) is 8.46. The number of benzene rings is 2. The maximum atomic E-state index is 13.5. The number of esters is 1. The van der Waals surface area contributed by atoms with Crippen LogP contribution in [-0.4, -0.2) is 44.1 Å². The molecule has 4 rings (SSSR count). The van der Waals surface area contributed by atoms with Gasteiger partial charge in [0.15, 0.2) is 6.61 Å². The van der Waals surface area contributed by atoms with E-state index in [0.717, 1.165) is 30.5 Å². The zero-order valence-electron chi connectivity index (χ0n) is 21.0. The molecule has 1 N–H and O–H groups in total. The highest BCUT2D eigenvalue weighted by atomic mass is 16.5. The van der Waals surface area contributed by atoms with E-state index in [4.69, 9.17) is 14.2 Å². The zero-order valence-corrected chi connectivity index (χ0v) is 21.0. The van der Waals surface area contributed by atoms with Crippen LogP contribution in [0.25, 0.3) is 0 Å². The fraction of sp³-hybridized carbons (Fsp3) is 0.464. The molecule has 8 heteroatoms. The molecule has 1 heterocycles. The standard InChI is InChI=1S/C28H34N2O6/c1-3-34-20-13-14-25(35-4-2)23(17-20)29-26(31)18-36-28(33)22-11-7-6-10-21(22)27(32)30-16-15-19-9-5-8-12-24(19)30/h5,8-9,12-14,17,21-22H,3-4,6-7,10-11,15-16,18H2,1-2H3,(H,29,31). The number of nitrogens with zero attached hydrogens (tertiary/aromatic N) is 1. The maximum Gasteiger partial charge on any atom is 0.310 e. The molecule has 0 bridgehead atoms. The lowest BCUT2D eigenvalue weighted by Gasteiger charge is -2.32. The van der Waals surface area contributed by atoms with Gasteiger partial charge in [-0.1, -0.05) is 31.0 Å². The van der Waals surface area contributed by atoms with Crippen LogP contribution in [0, 0.1) is 11.8 Å². The van der Waals surface area contributed by atoms with Gasteiger partial charge in [-0.25, -0.2) is 0 Å². The summed E-state index contributed by atoms with van der Waals surface area (Å²) < 4.78 is 16.5. The molecule has 2 atom stereocenters. The van der Waals surface area contributed by atoms with Gasteiger partial charge in [0.05, 0.1) is 30.7 Å². The van der Waals surface area contributed by atoms with Crippen LogP contribution in [0.3, 0.4) is 0 Å². The van der Waals surface area contributed by atoms with Gasteiger partial charge in [-0.05, 0) is 56.9 Å². The molecular formula is C28H34N2O6. The molecule has 1 fully saturated rings. The Balaban J connectivity index is 1.38. The number of fused-ring (bicyclic) bond motifs is 1. The van der Waals surface area contributed by atoms with Crippen molar-refractivity contribution in [2.75, 3.05) is 36.6 Å². The Morgan fingerprint density at radius 1 is 0.972 bits per heavy atom. The van der Waals surface area contributed by atoms with E-state index in [9.17, 15) is 14.4 Å². The monoisotopic (exact) mass is 494 g/mol. The molecule has 8 nitrogen and oxygen atoms in total. The van der Waals surface area contributed by atoms with E-state index < -0.39 is 30.3 Å². The lowest BCUT2D eigenvalue weighted by Crippen LogP contribution is -2.42. The number of amides is 2. The molecule has 192 valence electrons. The molecule has 0 radical (unpaired) electrons. The Morgan fingerprint density at radius 2 is 1.72 bits per heavy atom. The fourth-order valence-corrected chi connectivity index (χ4v) is 5.05. The van der Waals surface area contributed by atoms with Gasteiger partial charge in [0, 0.05) is 18.3 Å². The van der Waals surface area contributed by atoms with Crippen molar-refractivity contribution in [3.8, 4) is 11.5 Å². The molecule has 1 aliphatic carbocycles. The van der Waals surface area contributed by atoms with Crippen molar-refractivity contribution in [3.05, 3.63) is 48.0 Å². The van der Waals surface area contributed by atoms with Gasteiger partial charge in [0.2, 0.25) is 5.91 Å². The molecule has 1 saturated carbocycles. The van der Waals surface area contributed by atoms with Crippen LogP contribution in [0.5, 0.6) is 11.5 Å². The highest BCUT2D eigenvalue weighted by molar-refractivity contribution is 5.99. The third-order valence-electron chi connectivity index (χ3n) is 6.72. The highest BCUT2D eigenvalue weighted by Crippen LogP contribution is 2.36. The van der Waals surface area contributed by atoms with Gasteiger partial charge >= 0.3 is 5.97 Å². The van der Waals surface area contributed by atoms with Crippen molar-refractivity contribution in [2.24, 2.45) is 11.8 Å². The summed E-state index contributed by atoms with van der Waals surface area (Å²) in [5, 5.41) is 2.75. The van der Waals surface area contributed by atoms with Gasteiger partial charge < -0.3 is 24.4 Å². The summed E-state index contributed by atoms with van der Waals surface area (Å²) in [4.78, 5) is 40.9. The summed E-state index contributed by atoms with van der Waals surface area (Å²) in [5.41, 5.74) is 2.53. The highest BCUT2D eigenvalue weighted by Gasteiger charge is 2.40. The van der Waals surface area contributed by atoms with E-state index in [1.807, 2.05) is 38.1 Å². The third-order valence-corrected chi connectivity index (χ3v) is 6.72. The fourth-order valence-electron chi connectivity index (χ4n) is 5.05. The van der Waals surface area contributed by atoms with Gasteiger partial charge in [0.25, 0.3) is 5.91 Å². The SMILES string of the molecule is CCOc1ccc(OCC)c(NC(=O)COC(=O)C2CCCCC2C(=O)N2CCc3ccccc32)c1. The van der Waals surface area contributed by atoms with E-state index in [1.165, 1.54) is 0 Å². The van der Waals surface area contributed by atoms with Crippen LogP contribution < -0.4 is 19.7 Å². The van der Waals surface area contributed by atoms with E-state index in [2.05, 4.69) is 5.32 Å². The second kappa shape index (κ2) is 11.9. The third kappa shape index (κ3) is 5.80. The summed E-state index contributed by atoms with van der Waals surface area (Å²) in [5.74, 6) is -0.890. The molecule has 2 unspecified atom stereocenters. The van der Waals surface area contributed by atoms with E-state index in [-0.39, 0.29) is 5.91 Å². The average Bonchev–Trinajstić information content (AvgIpc) is 3.33. The number of para-hydroxylation sites is 1. The second-order valence-electron chi connectivity index (χ2n) is 9.05. The predicted molar refractivity (Wildman–Crippen MR) is 136 cm³/mol. The lowest BCUT2D eigenvalue weighted by molar-refractivity contribution is -0.156. The first-order chi connectivity index (χ1) is 17.5. The number of nitrogens with one attached hydrogen (secondary N) is 1. The molecule has 36 heavy (non-hydrogen) atoms. The van der Waals surface area contributed by atoms with Crippen LogP contribution in [0.2, 0.25) is 0 Å². The van der Waals surface area contributed by atoms with Crippen molar-refractivity contribution in [1.82, 2.24) is 0 Å². The molecule has 1 aliphatic heterocycles. The Hall–Kier alpha value is -3.55. The van der Waals surface area contributed by atoms with Crippen molar-refractivity contribution in [2.45, 2.75) is 46.0 Å². The summed E-state index contributed by atoms with van der Waals surface area (Å²) >= 11 is 0. The number of ether oxygens (including phenoxy) is 3. The molecule has 0 spiro atoms. The predicted octanol–water partition coefficient (Wildman–Crippen LogP) is 4.36. The largest absolute Gasteiger partial charge is 0.494 e. The summed E-state index contributed by atoms with van der Waals surface area (Å²) in [6, 6.07) is 13.1. The quantitative estimate of drug-likeness (QED) is 0.521. The number of hydrogen-bond acceptors (Lipinski definition) is 6. The van der Waals surface area contributed by atoms with Gasteiger partial charge in [0.1, 0.15) is 11.5 Å². The molecule has 2 amide bonds. The van der Waals surface area contributed by atoms with Crippen molar-refractivity contribution in [1.29, 1.82) is 0 Å². The zero-order chi connectivity index (χ0) is 25.5. The Morgan fingerprint density at radius 3 is 2.50 bits per heavy atom. The van der Waals surface area contributed by atoms with Crippen molar-refractivity contribution < 1.29 is 28.6 Å². The van der Waals surface area contributed by atoms with Gasteiger partial charge in [-0.2, -0.15) is 0 Å². The second-order valence-corrected chi connectivity index (χ2v) is 9.05. The molecule has 2 aliphatic rings. The van der Waals surface area contributed by atoms with Gasteiger partial charge in [-0.3, -0.25) is 14.4 Å². The number of anilines is 2. The summed E-state index contributed by atoms with van der Waals surface area (Å²) in [6.45, 7) is 4.84. The van der Waals surface area contributed by atoms with Crippen LogP contribution in [-0.2, 0) is 25.5 Å². The van der Waals surface area contributed by atoms with Gasteiger partial charge in [-0.15, -0.1) is 0 Å². The minimum Gasteiger partial charge on any atom is -0.494 e. The van der Waals surface area contributed by atoms with E-state index >= 15 is 0 Å². The molecule has 2 aromatic rings. The first-order valence-corrected chi connectivity index (χ1v) is 12.8. The smallest absolute Gasteiger partial charge is 0.310 e. The van der Waals surface area contributed by atoms with Crippen LogP contribution in [0.4, 0.5) is 11.4 Å². The topological polar surface area (TPSA) is 94.2 Å². The first kappa shape index (κ1) is 25.5. The lowest BCUT2D eigenvalue weighted by atomic mass is 9.78. The van der Waals surface area contributed by atoms with Crippen LogP contribution in [0.15, 0.2) is 42.5 Å².